The normalized spacial score (nSPS) is 10.6. The van der Waals surface area contributed by atoms with E-state index < -0.39 is 0 Å². The van der Waals surface area contributed by atoms with E-state index in [1.54, 1.807) is 12.1 Å². The van der Waals surface area contributed by atoms with Crippen molar-refractivity contribution in [1.82, 2.24) is 9.55 Å². The van der Waals surface area contributed by atoms with Crippen molar-refractivity contribution in [3.8, 4) is 0 Å². The molecule has 0 bridgehead atoms. The fourth-order valence-corrected chi connectivity index (χ4v) is 2.86. The van der Waals surface area contributed by atoms with Gasteiger partial charge in [-0.3, -0.25) is 10.1 Å². The van der Waals surface area contributed by atoms with Crippen LogP contribution in [0, 0.1) is 0 Å². The number of amides is 1. The van der Waals surface area contributed by atoms with Gasteiger partial charge in [0.1, 0.15) is 0 Å². The van der Waals surface area contributed by atoms with E-state index in [4.69, 9.17) is 10.5 Å². The van der Waals surface area contributed by atoms with Crippen LogP contribution < -0.4 is 11.1 Å². The number of aromatic nitrogens is 2. The van der Waals surface area contributed by atoms with Crippen molar-refractivity contribution in [3.05, 3.63) is 54.1 Å². The highest BCUT2D eigenvalue weighted by Gasteiger charge is 2.13. The largest absolute Gasteiger partial charge is 0.399 e. The van der Waals surface area contributed by atoms with Crippen molar-refractivity contribution in [3.63, 3.8) is 0 Å². The number of nitrogens with one attached hydrogen (secondary N) is 1. The summed E-state index contributed by atoms with van der Waals surface area (Å²) in [5, 5.41) is 2.94. The Morgan fingerprint density at radius 3 is 2.67 bits per heavy atom. The van der Waals surface area contributed by atoms with Gasteiger partial charge in [0.05, 0.1) is 17.5 Å². The van der Waals surface area contributed by atoms with Crippen molar-refractivity contribution in [2.24, 2.45) is 0 Å². The van der Waals surface area contributed by atoms with E-state index in [1.807, 2.05) is 47.9 Å². The van der Waals surface area contributed by atoms with Crippen molar-refractivity contribution in [2.75, 3.05) is 24.3 Å². The lowest BCUT2D eigenvalue weighted by Crippen LogP contribution is -2.18. The summed E-state index contributed by atoms with van der Waals surface area (Å²) >= 11 is 0. The Morgan fingerprint density at radius 1 is 1.19 bits per heavy atom. The standard InChI is InChI=1S/C20H24N4O2.ClH/c1-2-26-13-5-12-24-18-7-4-3-6-17(18)22-20(24)23-19(25)14-15-8-10-16(21)11-9-15;/h3-4,6-11H,2,5,12-14,21H2,1H3,(H,22,23,25);1H. The van der Waals surface area contributed by atoms with Crippen LogP contribution in [0.3, 0.4) is 0 Å². The Morgan fingerprint density at radius 2 is 1.93 bits per heavy atom. The van der Waals surface area contributed by atoms with E-state index in [9.17, 15) is 4.79 Å². The molecule has 0 saturated carbocycles. The quantitative estimate of drug-likeness (QED) is 0.456. The smallest absolute Gasteiger partial charge is 0.231 e. The third kappa shape index (κ3) is 5.45. The van der Waals surface area contributed by atoms with Gasteiger partial charge in [-0.2, -0.15) is 0 Å². The van der Waals surface area contributed by atoms with Gasteiger partial charge < -0.3 is 15.0 Å². The number of para-hydroxylation sites is 2. The summed E-state index contributed by atoms with van der Waals surface area (Å²) in [6.07, 6.45) is 1.14. The predicted molar refractivity (Wildman–Crippen MR) is 111 cm³/mol. The first-order valence-corrected chi connectivity index (χ1v) is 8.84. The van der Waals surface area contributed by atoms with Gasteiger partial charge in [0.2, 0.25) is 11.9 Å². The van der Waals surface area contributed by atoms with Crippen LogP contribution in [0.25, 0.3) is 11.0 Å². The molecule has 0 aliphatic rings. The maximum atomic E-state index is 12.5. The SMILES string of the molecule is CCOCCCn1c(NC(=O)Cc2ccc(N)cc2)nc2ccccc21.Cl. The van der Waals surface area contributed by atoms with Crippen molar-refractivity contribution >= 4 is 41.0 Å². The topological polar surface area (TPSA) is 82.2 Å². The Labute approximate surface area is 165 Å². The van der Waals surface area contributed by atoms with E-state index in [1.165, 1.54) is 0 Å². The number of hydrogen-bond donors (Lipinski definition) is 2. The maximum absolute atomic E-state index is 12.5. The molecule has 2 aromatic carbocycles. The lowest BCUT2D eigenvalue weighted by molar-refractivity contribution is -0.115. The van der Waals surface area contributed by atoms with E-state index in [-0.39, 0.29) is 24.7 Å². The highest BCUT2D eigenvalue weighted by molar-refractivity contribution is 5.92. The molecular formula is C20H25ClN4O2. The van der Waals surface area contributed by atoms with Gasteiger partial charge >= 0.3 is 0 Å². The van der Waals surface area contributed by atoms with Gasteiger partial charge in [-0.25, -0.2) is 4.98 Å². The second-order valence-electron chi connectivity index (χ2n) is 6.09. The number of fused-ring (bicyclic) bond motifs is 1. The molecule has 3 N–H and O–H groups in total. The minimum Gasteiger partial charge on any atom is -0.399 e. The molecule has 3 aromatic rings. The Hall–Kier alpha value is -2.57. The Bertz CT molecular complexity index is 877. The molecule has 0 aliphatic carbocycles. The van der Waals surface area contributed by atoms with Gasteiger partial charge in [0.25, 0.3) is 0 Å². The Kier molecular flexibility index (Phi) is 7.64. The summed E-state index contributed by atoms with van der Waals surface area (Å²) in [5.74, 6) is 0.472. The van der Waals surface area contributed by atoms with Crippen LogP contribution in [0.1, 0.15) is 18.9 Å². The number of carbonyl (C=O) groups is 1. The summed E-state index contributed by atoms with van der Waals surface area (Å²) in [6, 6.07) is 15.2. The van der Waals surface area contributed by atoms with Crippen LogP contribution in [0.5, 0.6) is 0 Å². The lowest BCUT2D eigenvalue weighted by Gasteiger charge is -2.10. The number of carbonyl (C=O) groups excluding carboxylic acids is 1. The number of benzene rings is 2. The molecule has 3 rings (SSSR count). The second kappa shape index (κ2) is 9.94. The van der Waals surface area contributed by atoms with Crippen LogP contribution in [-0.2, 0) is 22.5 Å². The molecule has 144 valence electrons. The first-order valence-electron chi connectivity index (χ1n) is 8.84. The number of nitrogens with two attached hydrogens (primary N) is 1. The zero-order valence-electron chi connectivity index (χ0n) is 15.4. The van der Waals surface area contributed by atoms with Crippen LogP contribution in [0.15, 0.2) is 48.5 Å². The molecule has 6 nitrogen and oxygen atoms in total. The number of imidazole rings is 1. The van der Waals surface area contributed by atoms with Gasteiger partial charge in [-0.15, -0.1) is 12.4 Å². The molecule has 0 spiro atoms. The lowest BCUT2D eigenvalue weighted by atomic mass is 10.1. The van der Waals surface area contributed by atoms with Crippen molar-refractivity contribution in [2.45, 2.75) is 26.3 Å². The number of nitrogen functional groups attached to an aromatic ring is 1. The monoisotopic (exact) mass is 388 g/mol. The molecule has 1 amide bonds. The fraction of sp³-hybridized carbons (Fsp3) is 0.300. The predicted octanol–water partition coefficient (Wildman–Crippen LogP) is 3.65. The summed E-state index contributed by atoms with van der Waals surface area (Å²) < 4.78 is 7.46. The summed E-state index contributed by atoms with van der Waals surface area (Å²) in [7, 11) is 0. The summed E-state index contributed by atoms with van der Waals surface area (Å²) in [6.45, 7) is 4.10. The van der Waals surface area contributed by atoms with E-state index in [0.29, 0.717) is 24.8 Å². The summed E-state index contributed by atoms with van der Waals surface area (Å²) in [4.78, 5) is 17.0. The average molecular weight is 389 g/mol. The fourth-order valence-electron chi connectivity index (χ4n) is 2.86. The number of anilines is 2. The summed E-state index contributed by atoms with van der Waals surface area (Å²) in [5.41, 5.74) is 9.16. The molecule has 0 fully saturated rings. The molecule has 7 heteroatoms. The highest BCUT2D eigenvalue weighted by Crippen LogP contribution is 2.20. The van der Waals surface area contributed by atoms with Crippen LogP contribution >= 0.6 is 12.4 Å². The minimum absolute atomic E-state index is 0. The first kappa shape index (κ1) is 20.7. The number of halogens is 1. The molecule has 0 atom stereocenters. The number of ether oxygens (including phenoxy) is 1. The maximum Gasteiger partial charge on any atom is 0.231 e. The first-order chi connectivity index (χ1) is 12.7. The third-order valence-corrected chi connectivity index (χ3v) is 4.12. The third-order valence-electron chi connectivity index (χ3n) is 4.12. The number of nitrogens with zero attached hydrogens (tertiary/aromatic N) is 2. The van der Waals surface area contributed by atoms with Gasteiger partial charge in [0, 0.05) is 25.4 Å². The van der Waals surface area contributed by atoms with Crippen LogP contribution in [0.4, 0.5) is 11.6 Å². The molecule has 0 saturated heterocycles. The average Bonchev–Trinajstić information content (AvgIpc) is 2.98. The minimum atomic E-state index is -0.101. The van der Waals surface area contributed by atoms with Gasteiger partial charge in [0.15, 0.2) is 0 Å². The highest BCUT2D eigenvalue weighted by atomic mass is 35.5. The van der Waals surface area contributed by atoms with Crippen LogP contribution in [-0.4, -0.2) is 28.7 Å². The molecule has 27 heavy (non-hydrogen) atoms. The number of rotatable bonds is 8. The molecule has 1 heterocycles. The zero-order chi connectivity index (χ0) is 18.4. The number of hydrogen-bond acceptors (Lipinski definition) is 4. The molecule has 0 aliphatic heterocycles. The Balaban J connectivity index is 0.00000261. The molecule has 0 radical (unpaired) electrons. The second-order valence-corrected chi connectivity index (χ2v) is 6.09. The zero-order valence-corrected chi connectivity index (χ0v) is 16.2. The molecule has 0 unspecified atom stereocenters. The van der Waals surface area contributed by atoms with E-state index in [0.717, 1.165) is 29.6 Å². The van der Waals surface area contributed by atoms with Gasteiger partial charge in [-0.1, -0.05) is 24.3 Å². The number of aryl methyl sites for hydroxylation is 1. The van der Waals surface area contributed by atoms with Crippen molar-refractivity contribution < 1.29 is 9.53 Å². The molecule has 1 aromatic heterocycles. The van der Waals surface area contributed by atoms with Crippen molar-refractivity contribution in [1.29, 1.82) is 0 Å². The van der Waals surface area contributed by atoms with Gasteiger partial charge in [-0.05, 0) is 43.2 Å². The van der Waals surface area contributed by atoms with E-state index >= 15 is 0 Å². The molecular weight excluding hydrogens is 364 g/mol. The van der Waals surface area contributed by atoms with E-state index in [2.05, 4.69) is 10.3 Å². The van der Waals surface area contributed by atoms with Crippen LogP contribution in [0.2, 0.25) is 0 Å².